The van der Waals surface area contributed by atoms with Gasteiger partial charge in [0, 0.05) is 0 Å². The summed E-state index contributed by atoms with van der Waals surface area (Å²) in [6.07, 6.45) is 11.5. The summed E-state index contributed by atoms with van der Waals surface area (Å²) < 4.78 is 0. The van der Waals surface area contributed by atoms with E-state index in [0.29, 0.717) is 5.41 Å². The van der Waals surface area contributed by atoms with E-state index in [1.807, 2.05) is 0 Å². The van der Waals surface area contributed by atoms with Crippen LogP contribution in [0.1, 0.15) is 38.5 Å². The Morgan fingerprint density at radius 1 is 1.00 bits per heavy atom. The average Bonchev–Trinajstić information content (AvgIpc) is 2.00. The molecule has 0 aromatic heterocycles. The molecule has 13 heavy (non-hydrogen) atoms. The predicted octanol–water partition coefficient (Wildman–Crippen LogP) is 2.37. The Bertz CT molecular complexity index is 174. The van der Waals surface area contributed by atoms with E-state index in [4.69, 9.17) is 5.73 Å². The molecule has 4 rings (SSSR count). The Kier molecular flexibility index (Phi) is 1.74. The lowest BCUT2D eigenvalue weighted by atomic mass is 9.49. The van der Waals surface area contributed by atoms with Crippen molar-refractivity contribution in [2.75, 3.05) is 6.54 Å². The van der Waals surface area contributed by atoms with Gasteiger partial charge in [-0.05, 0) is 74.7 Å². The summed E-state index contributed by atoms with van der Waals surface area (Å²) in [6, 6.07) is 0. The molecule has 0 aromatic carbocycles. The maximum atomic E-state index is 5.69. The van der Waals surface area contributed by atoms with Gasteiger partial charge in [0.05, 0.1) is 0 Å². The molecular weight excluding hydrogens is 158 g/mol. The van der Waals surface area contributed by atoms with Gasteiger partial charge >= 0.3 is 0 Å². The highest BCUT2D eigenvalue weighted by molar-refractivity contribution is 5.07. The van der Waals surface area contributed by atoms with E-state index in [-0.39, 0.29) is 0 Å². The van der Waals surface area contributed by atoms with Gasteiger partial charge in [0.1, 0.15) is 0 Å². The fraction of sp³-hybridized carbons (Fsp3) is 0.917. The zero-order chi connectivity index (χ0) is 8.89. The van der Waals surface area contributed by atoms with Crippen LogP contribution in [0, 0.1) is 29.6 Å². The van der Waals surface area contributed by atoms with Gasteiger partial charge < -0.3 is 5.73 Å². The minimum atomic E-state index is 0.601. The summed E-state index contributed by atoms with van der Waals surface area (Å²) in [6.45, 7) is 0.798. The summed E-state index contributed by atoms with van der Waals surface area (Å²) in [4.78, 5) is 0. The highest BCUT2D eigenvalue weighted by atomic mass is 14.6. The van der Waals surface area contributed by atoms with Crippen LogP contribution < -0.4 is 5.73 Å². The van der Waals surface area contributed by atoms with E-state index in [9.17, 15) is 0 Å². The lowest BCUT2D eigenvalue weighted by Gasteiger charge is -2.56. The third-order valence-corrected chi connectivity index (χ3v) is 4.64. The fourth-order valence-corrected chi connectivity index (χ4v) is 4.68. The molecule has 4 saturated carbocycles. The van der Waals surface area contributed by atoms with Crippen molar-refractivity contribution >= 4 is 0 Å². The maximum absolute atomic E-state index is 5.69. The molecule has 0 aliphatic heterocycles. The minimum absolute atomic E-state index is 0.601. The van der Waals surface area contributed by atoms with Crippen LogP contribution in [-0.4, -0.2) is 6.54 Å². The standard InChI is InChI=1S/C12H20N/c13-2-1-12-6-9-3-10(7-12)5-11(4-9)8-12/h1,9-11H,2-8,13H2. The Hall–Kier alpha value is -0.0400. The molecule has 1 radical (unpaired) electrons. The van der Waals surface area contributed by atoms with Crippen LogP contribution in [-0.2, 0) is 0 Å². The molecule has 0 atom stereocenters. The highest BCUT2D eigenvalue weighted by Gasteiger charge is 2.50. The van der Waals surface area contributed by atoms with Crippen molar-refractivity contribution in [3.05, 3.63) is 6.42 Å². The van der Waals surface area contributed by atoms with Crippen LogP contribution >= 0.6 is 0 Å². The molecule has 0 spiro atoms. The van der Waals surface area contributed by atoms with E-state index in [1.54, 1.807) is 0 Å². The molecule has 1 heteroatoms. The molecule has 0 heterocycles. The van der Waals surface area contributed by atoms with E-state index in [0.717, 1.165) is 24.3 Å². The van der Waals surface area contributed by atoms with Crippen LogP contribution in [0.15, 0.2) is 0 Å². The van der Waals surface area contributed by atoms with Crippen molar-refractivity contribution in [2.24, 2.45) is 28.9 Å². The van der Waals surface area contributed by atoms with Gasteiger partial charge in [0.15, 0.2) is 0 Å². The van der Waals surface area contributed by atoms with Gasteiger partial charge in [-0.2, -0.15) is 0 Å². The molecule has 0 aromatic rings. The van der Waals surface area contributed by atoms with Gasteiger partial charge in [-0.1, -0.05) is 0 Å². The monoisotopic (exact) mass is 178 g/mol. The molecule has 1 nitrogen and oxygen atoms in total. The topological polar surface area (TPSA) is 26.0 Å². The van der Waals surface area contributed by atoms with Crippen molar-refractivity contribution in [3.63, 3.8) is 0 Å². The molecule has 4 aliphatic rings. The molecule has 4 bridgehead atoms. The fourth-order valence-electron chi connectivity index (χ4n) is 4.68. The quantitative estimate of drug-likeness (QED) is 0.690. The predicted molar refractivity (Wildman–Crippen MR) is 54.0 cm³/mol. The first-order valence-corrected chi connectivity index (χ1v) is 5.84. The third-order valence-electron chi connectivity index (χ3n) is 4.64. The summed E-state index contributed by atoms with van der Waals surface area (Å²) in [5, 5.41) is 0. The SMILES string of the molecule is NC[CH]C12CC3CC(CC(C3)C1)C2. The first-order valence-electron chi connectivity index (χ1n) is 5.84. The summed E-state index contributed by atoms with van der Waals surface area (Å²) in [7, 11) is 0. The molecule has 0 saturated heterocycles. The highest BCUT2D eigenvalue weighted by Crippen LogP contribution is 2.60. The van der Waals surface area contributed by atoms with E-state index >= 15 is 0 Å². The van der Waals surface area contributed by atoms with Gasteiger partial charge in [-0.3, -0.25) is 0 Å². The smallest absolute Gasteiger partial charge is 0.00402 e. The lowest BCUT2D eigenvalue weighted by Crippen LogP contribution is -2.47. The Labute approximate surface area is 81.1 Å². The van der Waals surface area contributed by atoms with E-state index in [2.05, 4.69) is 6.42 Å². The van der Waals surface area contributed by atoms with Gasteiger partial charge in [0.25, 0.3) is 0 Å². The zero-order valence-electron chi connectivity index (χ0n) is 8.34. The van der Waals surface area contributed by atoms with Crippen molar-refractivity contribution in [1.29, 1.82) is 0 Å². The van der Waals surface area contributed by atoms with Crippen LogP contribution in [0.2, 0.25) is 0 Å². The van der Waals surface area contributed by atoms with Gasteiger partial charge in [0.2, 0.25) is 0 Å². The van der Waals surface area contributed by atoms with Crippen molar-refractivity contribution < 1.29 is 0 Å². The van der Waals surface area contributed by atoms with Crippen LogP contribution in [0.25, 0.3) is 0 Å². The Morgan fingerprint density at radius 2 is 1.46 bits per heavy atom. The summed E-state index contributed by atoms with van der Waals surface area (Å²) >= 11 is 0. The maximum Gasteiger partial charge on any atom is -0.00402 e. The Morgan fingerprint density at radius 3 is 1.85 bits per heavy atom. The van der Waals surface area contributed by atoms with Crippen LogP contribution in [0.5, 0.6) is 0 Å². The van der Waals surface area contributed by atoms with Crippen LogP contribution in [0.3, 0.4) is 0 Å². The first kappa shape index (κ1) is 8.28. The molecular formula is C12H20N. The zero-order valence-corrected chi connectivity index (χ0v) is 8.34. The van der Waals surface area contributed by atoms with E-state index in [1.165, 1.54) is 38.5 Å². The van der Waals surface area contributed by atoms with Crippen LogP contribution in [0.4, 0.5) is 0 Å². The second-order valence-corrected chi connectivity index (χ2v) is 5.72. The summed E-state index contributed by atoms with van der Waals surface area (Å²) in [5.74, 6) is 3.19. The number of hydrogen-bond donors (Lipinski definition) is 1. The second-order valence-electron chi connectivity index (χ2n) is 5.72. The van der Waals surface area contributed by atoms with Crippen molar-refractivity contribution in [2.45, 2.75) is 38.5 Å². The molecule has 4 fully saturated rings. The van der Waals surface area contributed by atoms with E-state index < -0.39 is 0 Å². The Balaban J connectivity index is 1.83. The number of hydrogen-bond acceptors (Lipinski definition) is 1. The molecule has 0 amide bonds. The van der Waals surface area contributed by atoms with Gasteiger partial charge in [-0.15, -0.1) is 0 Å². The van der Waals surface area contributed by atoms with Crippen molar-refractivity contribution in [3.8, 4) is 0 Å². The lowest BCUT2D eigenvalue weighted by molar-refractivity contribution is -0.0333. The summed E-state index contributed by atoms with van der Waals surface area (Å²) in [5.41, 5.74) is 6.30. The van der Waals surface area contributed by atoms with Gasteiger partial charge in [-0.25, -0.2) is 0 Å². The minimum Gasteiger partial charge on any atom is -0.330 e. The average molecular weight is 178 g/mol. The number of nitrogens with two attached hydrogens (primary N) is 1. The second kappa shape index (κ2) is 2.73. The number of rotatable bonds is 2. The first-order chi connectivity index (χ1) is 6.30. The molecule has 4 aliphatic carbocycles. The molecule has 2 N–H and O–H groups in total. The molecule has 73 valence electrons. The normalized spacial score (nSPS) is 52.8. The largest absolute Gasteiger partial charge is 0.330 e. The van der Waals surface area contributed by atoms with Crippen molar-refractivity contribution in [1.82, 2.24) is 0 Å². The molecule has 0 unspecified atom stereocenters. The third kappa shape index (κ3) is 1.24.